The molecule has 0 saturated heterocycles. The van der Waals surface area contributed by atoms with E-state index >= 15 is 0 Å². The van der Waals surface area contributed by atoms with E-state index in [2.05, 4.69) is 5.32 Å². The van der Waals surface area contributed by atoms with Gasteiger partial charge in [0.2, 0.25) is 5.91 Å². The molecule has 0 unspecified atom stereocenters. The average molecular weight is 292 g/mol. The summed E-state index contributed by atoms with van der Waals surface area (Å²) in [6, 6.07) is 6.91. The molecule has 0 aliphatic carbocycles. The zero-order valence-corrected chi connectivity index (χ0v) is 13.1. The minimum atomic E-state index is -0.821. The smallest absolute Gasteiger partial charge is 0.318 e. The molecule has 116 valence electrons. The predicted octanol–water partition coefficient (Wildman–Crippen LogP) is 1.16. The van der Waals surface area contributed by atoms with Crippen LogP contribution in [0.3, 0.4) is 0 Å². The van der Waals surface area contributed by atoms with Crippen molar-refractivity contribution in [2.75, 3.05) is 25.5 Å². The highest BCUT2D eigenvalue weighted by molar-refractivity contribution is 5.96. The van der Waals surface area contributed by atoms with Crippen molar-refractivity contribution < 1.29 is 9.59 Å². The Kier molecular flexibility index (Phi) is 6.17. The van der Waals surface area contributed by atoms with E-state index in [0.717, 1.165) is 11.3 Å². The Bertz CT molecular complexity index is 485. The van der Waals surface area contributed by atoms with Crippen molar-refractivity contribution in [2.45, 2.75) is 26.4 Å². The highest BCUT2D eigenvalue weighted by Gasteiger charge is 2.21. The molecule has 0 bridgehead atoms. The van der Waals surface area contributed by atoms with E-state index in [0.29, 0.717) is 13.1 Å². The van der Waals surface area contributed by atoms with Gasteiger partial charge in [0, 0.05) is 26.3 Å². The summed E-state index contributed by atoms with van der Waals surface area (Å²) in [5.74, 6) is -0.380. The second kappa shape index (κ2) is 7.64. The molecule has 0 fully saturated rings. The molecule has 6 heteroatoms. The van der Waals surface area contributed by atoms with Crippen LogP contribution in [0, 0.1) is 0 Å². The fourth-order valence-electron chi connectivity index (χ4n) is 2.05. The largest absolute Gasteiger partial charge is 0.378 e. The van der Waals surface area contributed by atoms with Gasteiger partial charge in [-0.25, -0.2) is 4.79 Å². The standard InChI is InChI=1S/C15H24N4O2/c1-5-19(11(2)14(20)17-15(16)21)10-12-6-8-13(9-7-12)18(3)4/h6-9,11H,5,10H2,1-4H3,(H3,16,17,20,21)/t11-/m0/s1. The van der Waals surface area contributed by atoms with Crippen LogP contribution in [0.1, 0.15) is 19.4 Å². The lowest BCUT2D eigenvalue weighted by molar-refractivity contribution is -0.124. The number of nitrogens with one attached hydrogen (secondary N) is 1. The monoisotopic (exact) mass is 292 g/mol. The van der Waals surface area contributed by atoms with Crippen molar-refractivity contribution in [1.29, 1.82) is 0 Å². The molecular weight excluding hydrogens is 268 g/mol. The van der Waals surface area contributed by atoms with E-state index in [1.165, 1.54) is 0 Å². The summed E-state index contributed by atoms with van der Waals surface area (Å²) in [7, 11) is 3.98. The van der Waals surface area contributed by atoms with Crippen LogP contribution >= 0.6 is 0 Å². The van der Waals surface area contributed by atoms with Gasteiger partial charge < -0.3 is 10.6 Å². The quantitative estimate of drug-likeness (QED) is 0.824. The first-order chi connectivity index (χ1) is 9.85. The third-order valence-electron chi connectivity index (χ3n) is 3.42. The average Bonchev–Trinajstić information content (AvgIpc) is 2.43. The Hall–Kier alpha value is -2.08. The van der Waals surface area contributed by atoms with Gasteiger partial charge in [-0.3, -0.25) is 15.0 Å². The Morgan fingerprint density at radius 2 is 1.81 bits per heavy atom. The van der Waals surface area contributed by atoms with Gasteiger partial charge in [0.15, 0.2) is 0 Å². The summed E-state index contributed by atoms with van der Waals surface area (Å²) >= 11 is 0. The van der Waals surface area contributed by atoms with Crippen molar-refractivity contribution >= 4 is 17.6 Å². The third kappa shape index (κ3) is 5.07. The molecule has 1 aromatic carbocycles. The first kappa shape index (κ1) is 17.0. The molecule has 0 aliphatic heterocycles. The first-order valence-electron chi connectivity index (χ1n) is 6.95. The lowest BCUT2D eigenvalue weighted by atomic mass is 10.1. The summed E-state index contributed by atoms with van der Waals surface area (Å²) in [6.07, 6.45) is 0. The fourth-order valence-corrected chi connectivity index (χ4v) is 2.05. The van der Waals surface area contributed by atoms with Crippen molar-refractivity contribution in [2.24, 2.45) is 5.73 Å². The molecular formula is C15H24N4O2. The van der Waals surface area contributed by atoms with Crippen LogP contribution in [0.4, 0.5) is 10.5 Å². The van der Waals surface area contributed by atoms with Crippen LogP contribution < -0.4 is 16.0 Å². The van der Waals surface area contributed by atoms with Gasteiger partial charge in [-0.15, -0.1) is 0 Å². The molecule has 1 rings (SSSR count). The minimum absolute atomic E-state index is 0.380. The zero-order valence-electron chi connectivity index (χ0n) is 13.1. The maximum Gasteiger partial charge on any atom is 0.318 e. The summed E-state index contributed by atoms with van der Waals surface area (Å²) < 4.78 is 0. The SMILES string of the molecule is CCN(Cc1ccc(N(C)C)cc1)[C@@H](C)C(=O)NC(N)=O. The van der Waals surface area contributed by atoms with E-state index in [1.807, 2.05) is 55.1 Å². The highest BCUT2D eigenvalue weighted by atomic mass is 16.2. The number of likely N-dealkylation sites (N-methyl/N-ethyl adjacent to an activating group) is 1. The topological polar surface area (TPSA) is 78.7 Å². The maximum atomic E-state index is 11.8. The van der Waals surface area contributed by atoms with E-state index in [1.54, 1.807) is 6.92 Å². The molecule has 3 N–H and O–H groups in total. The number of anilines is 1. The molecule has 1 atom stereocenters. The molecule has 21 heavy (non-hydrogen) atoms. The molecule has 0 heterocycles. The number of benzene rings is 1. The van der Waals surface area contributed by atoms with Gasteiger partial charge in [0.1, 0.15) is 0 Å². The van der Waals surface area contributed by atoms with Crippen LogP contribution in [0.15, 0.2) is 24.3 Å². The molecule has 0 aromatic heterocycles. The Labute approximate surface area is 125 Å². The Balaban J connectivity index is 2.72. The number of carbonyl (C=O) groups excluding carboxylic acids is 2. The number of imide groups is 1. The van der Waals surface area contributed by atoms with E-state index in [4.69, 9.17) is 5.73 Å². The molecule has 1 aromatic rings. The van der Waals surface area contributed by atoms with Crippen LogP contribution in [0.5, 0.6) is 0 Å². The zero-order chi connectivity index (χ0) is 16.0. The number of hydrogen-bond acceptors (Lipinski definition) is 4. The van der Waals surface area contributed by atoms with Crippen LogP contribution in [0.25, 0.3) is 0 Å². The lowest BCUT2D eigenvalue weighted by Crippen LogP contribution is -2.48. The molecule has 0 saturated carbocycles. The van der Waals surface area contributed by atoms with Crippen molar-refractivity contribution in [3.05, 3.63) is 29.8 Å². The summed E-state index contributed by atoms with van der Waals surface area (Å²) in [5.41, 5.74) is 7.21. The van der Waals surface area contributed by atoms with Crippen molar-refractivity contribution in [3.8, 4) is 0 Å². The first-order valence-corrected chi connectivity index (χ1v) is 6.95. The van der Waals surface area contributed by atoms with Crippen LogP contribution in [0.2, 0.25) is 0 Å². The molecule has 3 amide bonds. The number of nitrogens with two attached hydrogens (primary N) is 1. The predicted molar refractivity (Wildman–Crippen MR) is 84.0 cm³/mol. The van der Waals surface area contributed by atoms with Crippen LogP contribution in [-0.4, -0.2) is 43.5 Å². The van der Waals surface area contributed by atoms with E-state index in [9.17, 15) is 9.59 Å². The second-order valence-corrected chi connectivity index (χ2v) is 5.15. The van der Waals surface area contributed by atoms with Crippen LogP contribution in [-0.2, 0) is 11.3 Å². The maximum absolute atomic E-state index is 11.8. The number of primary amides is 1. The van der Waals surface area contributed by atoms with Gasteiger partial charge in [0.25, 0.3) is 0 Å². The Morgan fingerprint density at radius 1 is 1.24 bits per heavy atom. The van der Waals surface area contributed by atoms with Crippen molar-refractivity contribution in [3.63, 3.8) is 0 Å². The molecule has 0 aliphatic rings. The summed E-state index contributed by atoms with van der Waals surface area (Å²) in [5, 5.41) is 2.12. The van der Waals surface area contributed by atoms with Gasteiger partial charge in [-0.05, 0) is 31.2 Å². The summed E-state index contributed by atoms with van der Waals surface area (Å²) in [6.45, 7) is 5.07. The highest BCUT2D eigenvalue weighted by Crippen LogP contribution is 2.14. The van der Waals surface area contributed by atoms with Crippen molar-refractivity contribution in [1.82, 2.24) is 10.2 Å². The number of urea groups is 1. The number of amides is 3. The second-order valence-electron chi connectivity index (χ2n) is 5.15. The molecule has 0 spiro atoms. The third-order valence-corrected chi connectivity index (χ3v) is 3.42. The normalized spacial score (nSPS) is 12.0. The van der Waals surface area contributed by atoms with E-state index < -0.39 is 12.1 Å². The fraction of sp³-hybridized carbons (Fsp3) is 0.467. The van der Waals surface area contributed by atoms with Gasteiger partial charge in [-0.1, -0.05) is 19.1 Å². The van der Waals surface area contributed by atoms with Gasteiger partial charge >= 0.3 is 6.03 Å². The molecule has 0 radical (unpaired) electrons. The molecule has 6 nitrogen and oxygen atoms in total. The summed E-state index contributed by atoms with van der Waals surface area (Å²) in [4.78, 5) is 26.6. The van der Waals surface area contributed by atoms with Gasteiger partial charge in [-0.2, -0.15) is 0 Å². The van der Waals surface area contributed by atoms with E-state index in [-0.39, 0.29) is 5.91 Å². The Morgan fingerprint density at radius 3 is 2.24 bits per heavy atom. The number of carbonyl (C=O) groups is 2. The number of nitrogens with zero attached hydrogens (tertiary/aromatic N) is 2. The minimum Gasteiger partial charge on any atom is -0.378 e. The number of hydrogen-bond donors (Lipinski definition) is 2. The van der Waals surface area contributed by atoms with Gasteiger partial charge in [0.05, 0.1) is 6.04 Å². The number of rotatable bonds is 6. The lowest BCUT2D eigenvalue weighted by Gasteiger charge is -2.26.